The molecule has 0 aliphatic carbocycles. The van der Waals surface area contributed by atoms with Gasteiger partial charge in [-0.3, -0.25) is 4.79 Å². The van der Waals surface area contributed by atoms with Gasteiger partial charge in [0, 0.05) is 5.56 Å². The van der Waals surface area contributed by atoms with Crippen LogP contribution in [-0.2, 0) is 4.74 Å². The molecule has 2 aromatic rings. The lowest BCUT2D eigenvalue weighted by atomic mass is 10.1. The van der Waals surface area contributed by atoms with Crippen LogP contribution in [0.3, 0.4) is 0 Å². The molecule has 2 rings (SSSR count). The minimum Gasteiger partial charge on any atom is -0.497 e. The number of benzene rings is 2. The van der Waals surface area contributed by atoms with Gasteiger partial charge >= 0.3 is 12.6 Å². The van der Waals surface area contributed by atoms with E-state index in [9.17, 15) is 18.4 Å². The Kier molecular flexibility index (Phi) is 7.31. The van der Waals surface area contributed by atoms with E-state index in [4.69, 9.17) is 14.2 Å². The number of esters is 1. The van der Waals surface area contributed by atoms with E-state index in [-0.39, 0.29) is 23.7 Å². The van der Waals surface area contributed by atoms with Gasteiger partial charge in [0.2, 0.25) is 5.78 Å². The Morgan fingerprint density at radius 3 is 2.21 bits per heavy atom. The first-order chi connectivity index (χ1) is 13.3. The summed E-state index contributed by atoms with van der Waals surface area (Å²) in [4.78, 5) is 24.8. The Hall–Kier alpha value is -3.16. The van der Waals surface area contributed by atoms with Gasteiger partial charge in [-0.1, -0.05) is 0 Å². The molecule has 0 heterocycles. The van der Waals surface area contributed by atoms with Gasteiger partial charge in [-0.15, -0.1) is 0 Å². The zero-order valence-electron chi connectivity index (χ0n) is 15.6. The second-order valence-corrected chi connectivity index (χ2v) is 5.61. The van der Waals surface area contributed by atoms with Crippen LogP contribution in [0.5, 0.6) is 17.2 Å². The molecule has 6 nitrogen and oxygen atoms in total. The Bertz CT molecular complexity index is 820. The van der Waals surface area contributed by atoms with Crippen molar-refractivity contribution in [3.05, 3.63) is 53.6 Å². The number of methoxy groups -OCH3 is 1. The molecule has 28 heavy (non-hydrogen) atoms. The minimum atomic E-state index is -3.03. The third kappa shape index (κ3) is 5.42. The average Bonchev–Trinajstić information content (AvgIpc) is 2.68. The summed E-state index contributed by atoms with van der Waals surface area (Å²) in [7, 11) is 1.51. The molecule has 0 spiro atoms. The maximum absolute atomic E-state index is 12.5. The summed E-state index contributed by atoms with van der Waals surface area (Å²) in [6, 6.07) is 10.0. The van der Waals surface area contributed by atoms with Crippen molar-refractivity contribution in [1.82, 2.24) is 0 Å². The molecule has 150 valence electrons. The molecule has 0 radical (unpaired) electrons. The molecule has 0 aromatic heterocycles. The zero-order chi connectivity index (χ0) is 20.7. The van der Waals surface area contributed by atoms with Crippen molar-refractivity contribution in [3.63, 3.8) is 0 Å². The number of ether oxygens (including phenoxy) is 4. The number of hydrogen-bond donors (Lipinski definition) is 0. The molecule has 0 aliphatic heterocycles. The van der Waals surface area contributed by atoms with Crippen LogP contribution in [0.15, 0.2) is 42.5 Å². The van der Waals surface area contributed by atoms with Crippen molar-refractivity contribution < 1.29 is 37.3 Å². The second-order valence-electron chi connectivity index (χ2n) is 5.61. The highest BCUT2D eigenvalue weighted by molar-refractivity contribution is 6.01. The molecule has 0 aliphatic rings. The molecular formula is C20H20F2O6. The van der Waals surface area contributed by atoms with Crippen LogP contribution in [0.25, 0.3) is 0 Å². The van der Waals surface area contributed by atoms with Crippen molar-refractivity contribution in [2.45, 2.75) is 26.6 Å². The lowest BCUT2D eigenvalue weighted by Gasteiger charge is -2.15. The predicted octanol–water partition coefficient (Wildman–Crippen LogP) is 4.12. The summed E-state index contributed by atoms with van der Waals surface area (Å²) in [5.41, 5.74) is 0.399. The van der Waals surface area contributed by atoms with Crippen molar-refractivity contribution in [1.29, 1.82) is 0 Å². The van der Waals surface area contributed by atoms with Crippen molar-refractivity contribution in [2.75, 3.05) is 13.7 Å². The van der Waals surface area contributed by atoms with E-state index < -0.39 is 24.5 Å². The van der Waals surface area contributed by atoms with E-state index in [1.807, 2.05) is 0 Å². The van der Waals surface area contributed by atoms with Gasteiger partial charge in [-0.25, -0.2) is 4.79 Å². The molecule has 1 atom stereocenters. The Balaban J connectivity index is 2.11. The molecule has 0 saturated carbocycles. The number of rotatable bonds is 9. The summed E-state index contributed by atoms with van der Waals surface area (Å²) in [5, 5.41) is 0. The third-order valence-corrected chi connectivity index (χ3v) is 3.72. The number of halogens is 2. The Labute approximate surface area is 161 Å². The monoisotopic (exact) mass is 394 g/mol. The van der Waals surface area contributed by atoms with Crippen molar-refractivity contribution in [2.24, 2.45) is 0 Å². The van der Waals surface area contributed by atoms with Crippen molar-refractivity contribution >= 4 is 11.8 Å². The van der Waals surface area contributed by atoms with E-state index >= 15 is 0 Å². The normalized spacial score (nSPS) is 11.6. The van der Waals surface area contributed by atoms with E-state index in [2.05, 4.69) is 4.74 Å². The summed E-state index contributed by atoms with van der Waals surface area (Å²) in [6.45, 7) is 0.263. The Morgan fingerprint density at radius 1 is 1.00 bits per heavy atom. The molecule has 0 bridgehead atoms. The van der Waals surface area contributed by atoms with Crippen LogP contribution < -0.4 is 14.2 Å². The van der Waals surface area contributed by atoms with Crippen LogP contribution in [-0.4, -0.2) is 38.2 Å². The van der Waals surface area contributed by atoms with Crippen LogP contribution in [0.2, 0.25) is 0 Å². The SMILES string of the molecule is CCOc1cc(C(=O)O[C@H](C)C(=O)c2ccc(OC)cc2)ccc1OC(F)F. The molecular weight excluding hydrogens is 374 g/mol. The first-order valence-electron chi connectivity index (χ1n) is 8.46. The van der Waals surface area contributed by atoms with Crippen molar-refractivity contribution in [3.8, 4) is 17.2 Å². The molecule has 8 heteroatoms. The predicted molar refractivity (Wildman–Crippen MR) is 96.4 cm³/mol. The Morgan fingerprint density at radius 2 is 1.64 bits per heavy atom. The molecule has 0 N–H and O–H groups in total. The van der Waals surface area contributed by atoms with Crippen LogP contribution >= 0.6 is 0 Å². The fourth-order valence-corrected chi connectivity index (χ4v) is 2.37. The smallest absolute Gasteiger partial charge is 0.387 e. The van der Waals surface area contributed by atoms with Gasteiger partial charge in [0.15, 0.2) is 17.6 Å². The van der Waals surface area contributed by atoms with E-state index in [0.717, 1.165) is 0 Å². The van der Waals surface area contributed by atoms with E-state index in [1.165, 1.54) is 32.2 Å². The number of alkyl halides is 2. The summed E-state index contributed by atoms with van der Waals surface area (Å²) < 4.78 is 44.7. The largest absolute Gasteiger partial charge is 0.497 e. The first-order valence-corrected chi connectivity index (χ1v) is 8.46. The standard InChI is InChI=1S/C20H20F2O6/c1-4-26-17-11-14(7-10-16(17)28-20(21)22)19(24)27-12(2)18(23)13-5-8-15(25-3)9-6-13/h5-12,20H,4H2,1-3H3/t12-/m1/s1. The molecule has 0 fully saturated rings. The van der Waals surface area contributed by atoms with Gasteiger partial charge in [0.25, 0.3) is 0 Å². The highest BCUT2D eigenvalue weighted by Gasteiger charge is 2.22. The van der Waals surface area contributed by atoms with E-state index in [0.29, 0.717) is 11.3 Å². The molecule has 0 saturated heterocycles. The molecule has 2 aromatic carbocycles. The lowest BCUT2D eigenvalue weighted by molar-refractivity contribution is -0.0514. The topological polar surface area (TPSA) is 71.1 Å². The summed E-state index contributed by atoms with van der Waals surface area (Å²) in [6.07, 6.45) is -1.05. The fourth-order valence-electron chi connectivity index (χ4n) is 2.37. The first kappa shape index (κ1) is 21.1. The lowest BCUT2D eigenvalue weighted by Crippen LogP contribution is -2.24. The maximum Gasteiger partial charge on any atom is 0.387 e. The van der Waals surface area contributed by atoms with Crippen LogP contribution in [0.1, 0.15) is 34.6 Å². The average molecular weight is 394 g/mol. The highest BCUT2D eigenvalue weighted by Crippen LogP contribution is 2.30. The summed E-state index contributed by atoms with van der Waals surface area (Å²) >= 11 is 0. The number of hydrogen-bond acceptors (Lipinski definition) is 6. The van der Waals surface area contributed by atoms with Gasteiger partial charge in [-0.2, -0.15) is 8.78 Å². The van der Waals surface area contributed by atoms with Gasteiger partial charge in [0.1, 0.15) is 5.75 Å². The minimum absolute atomic E-state index is 0.0219. The van der Waals surface area contributed by atoms with Gasteiger partial charge in [0.05, 0.1) is 19.3 Å². The molecule has 0 amide bonds. The fraction of sp³-hybridized carbons (Fsp3) is 0.300. The summed E-state index contributed by atoms with van der Waals surface area (Å²) in [5.74, 6) is -0.810. The zero-order valence-corrected chi connectivity index (χ0v) is 15.6. The second kappa shape index (κ2) is 9.68. The highest BCUT2D eigenvalue weighted by atomic mass is 19.3. The van der Waals surface area contributed by atoms with Gasteiger partial charge in [-0.05, 0) is 56.3 Å². The quantitative estimate of drug-likeness (QED) is 0.471. The number of carbonyl (C=O) groups excluding carboxylic acids is 2. The molecule has 0 unspecified atom stereocenters. The van der Waals surface area contributed by atoms with E-state index in [1.54, 1.807) is 31.2 Å². The number of Topliss-reactive ketones (excluding diaryl/α,β-unsaturated/α-hetero) is 1. The maximum atomic E-state index is 12.5. The number of ketones is 1. The van der Waals surface area contributed by atoms with Gasteiger partial charge < -0.3 is 18.9 Å². The van der Waals surface area contributed by atoms with Crippen LogP contribution in [0, 0.1) is 0 Å². The third-order valence-electron chi connectivity index (χ3n) is 3.72. The van der Waals surface area contributed by atoms with Crippen LogP contribution in [0.4, 0.5) is 8.78 Å². The number of carbonyl (C=O) groups is 2.